The zero-order chi connectivity index (χ0) is 17.8. The number of hydrogen-bond acceptors (Lipinski definition) is 4. The average Bonchev–Trinajstić information content (AvgIpc) is 3.14. The van der Waals surface area contributed by atoms with Gasteiger partial charge in [0.05, 0.1) is 11.9 Å². The summed E-state index contributed by atoms with van der Waals surface area (Å²) in [5.74, 6) is 0.479. The fourth-order valence-corrected chi connectivity index (χ4v) is 2.76. The number of rotatable bonds is 5. The van der Waals surface area contributed by atoms with Crippen LogP contribution < -0.4 is 10.2 Å². The van der Waals surface area contributed by atoms with E-state index in [-0.39, 0.29) is 5.91 Å². The van der Waals surface area contributed by atoms with Crippen LogP contribution in [0.4, 0.5) is 5.82 Å². The molecule has 0 spiro atoms. The second-order valence-corrected chi connectivity index (χ2v) is 6.65. The van der Waals surface area contributed by atoms with E-state index < -0.39 is 0 Å². The molecule has 0 unspecified atom stereocenters. The summed E-state index contributed by atoms with van der Waals surface area (Å²) in [6.07, 6.45) is 7.06. The van der Waals surface area contributed by atoms with Gasteiger partial charge in [-0.15, -0.1) is 0 Å². The Kier molecular flexibility index (Phi) is 5.14. The Morgan fingerprint density at radius 1 is 1.28 bits per heavy atom. The molecule has 6 nitrogen and oxygen atoms in total. The maximum absolute atomic E-state index is 12.5. The number of benzene rings is 1. The third-order valence-electron chi connectivity index (χ3n) is 3.69. The van der Waals surface area contributed by atoms with Gasteiger partial charge in [0.2, 0.25) is 0 Å². The van der Waals surface area contributed by atoms with E-state index in [0.29, 0.717) is 17.9 Å². The molecule has 0 radical (unpaired) electrons. The normalized spacial score (nSPS) is 10.5. The van der Waals surface area contributed by atoms with Crippen LogP contribution >= 0.6 is 15.9 Å². The first-order chi connectivity index (χ1) is 12.0. The largest absolute Gasteiger partial charge is 0.362 e. The minimum Gasteiger partial charge on any atom is -0.362 e. The first-order valence-corrected chi connectivity index (χ1v) is 8.52. The summed E-state index contributed by atoms with van der Waals surface area (Å²) in [7, 11) is 3.73. The summed E-state index contributed by atoms with van der Waals surface area (Å²) in [5, 5.41) is 2.95. The molecule has 0 saturated carbocycles. The van der Waals surface area contributed by atoms with E-state index in [2.05, 4.69) is 31.2 Å². The summed E-state index contributed by atoms with van der Waals surface area (Å²) in [6.45, 7) is 0.447. The van der Waals surface area contributed by atoms with Crippen LogP contribution in [0.1, 0.15) is 15.9 Å². The molecule has 128 valence electrons. The lowest BCUT2D eigenvalue weighted by Crippen LogP contribution is -2.26. The molecule has 0 saturated heterocycles. The Bertz CT molecular complexity index is 860. The standard InChI is InChI=1S/C18H18BrN5O/c1-23(2)17-16(9-14(19)11-21-17)18(25)22-10-13-3-5-15(6-4-13)24-8-7-20-12-24/h3-9,11-12H,10H2,1-2H3,(H,22,25). The Balaban J connectivity index is 1.69. The van der Waals surface area contributed by atoms with Gasteiger partial charge in [-0.3, -0.25) is 4.79 Å². The molecule has 25 heavy (non-hydrogen) atoms. The van der Waals surface area contributed by atoms with E-state index in [1.807, 2.05) is 54.0 Å². The lowest BCUT2D eigenvalue weighted by molar-refractivity contribution is 0.0951. The van der Waals surface area contributed by atoms with Crippen molar-refractivity contribution < 1.29 is 4.79 Å². The van der Waals surface area contributed by atoms with Gasteiger partial charge in [0.25, 0.3) is 5.91 Å². The molecule has 7 heteroatoms. The van der Waals surface area contributed by atoms with Crippen molar-refractivity contribution in [3.8, 4) is 5.69 Å². The number of nitrogens with one attached hydrogen (secondary N) is 1. The van der Waals surface area contributed by atoms with Crippen molar-refractivity contribution in [2.75, 3.05) is 19.0 Å². The second-order valence-electron chi connectivity index (χ2n) is 5.74. The molecule has 0 aliphatic heterocycles. The smallest absolute Gasteiger partial charge is 0.255 e. The molecule has 1 aromatic carbocycles. The number of halogens is 1. The molecule has 0 aliphatic rings. The molecular weight excluding hydrogens is 382 g/mol. The van der Waals surface area contributed by atoms with Crippen LogP contribution in [-0.2, 0) is 6.54 Å². The minimum atomic E-state index is -0.156. The zero-order valence-electron chi connectivity index (χ0n) is 14.0. The predicted octanol–water partition coefficient (Wildman–Crippen LogP) is 3.03. The Hall–Kier alpha value is -2.67. The molecule has 1 N–H and O–H groups in total. The number of amides is 1. The topological polar surface area (TPSA) is 63.1 Å². The van der Waals surface area contributed by atoms with Gasteiger partial charge in [0.15, 0.2) is 0 Å². The predicted molar refractivity (Wildman–Crippen MR) is 101 cm³/mol. The number of carbonyl (C=O) groups excluding carboxylic acids is 1. The SMILES string of the molecule is CN(C)c1ncc(Br)cc1C(=O)NCc1ccc(-n2ccnc2)cc1. The molecule has 0 aliphatic carbocycles. The monoisotopic (exact) mass is 399 g/mol. The van der Waals surface area contributed by atoms with Gasteiger partial charge in [-0.2, -0.15) is 0 Å². The fraction of sp³-hybridized carbons (Fsp3) is 0.167. The molecule has 2 heterocycles. The van der Waals surface area contributed by atoms with Gasteiger partial charge in [-0.25, -0.2) is 9.97 Å². The fourth-order valence-electron chi connectivity index (χ4n) is 2.43. The number of nitrogens with zero attached hydrogens (tertiary/aromatic N) is 4. The van der Waals surface area contributed by atoms with E-state index in [1.54, 1.807) is 24.8 Å². The van der Waals surface area contributed by atoms with Gasteiger partial charge in [0, 0.05) is 49.4 Å². The quantitative estimate of drug-likeness (QED) is 0.715. The van der Waals surface area contributed by atoms with Crippen molar-refractivity contribution in [2.24, 2.45) is 0 Å². The minimum absolute atomic E-state index is 0.156. The lowest BCUT2D eigenvalue weighted by atomic mass is 10.2. The van der Waals surface area contributed by atoms with Crippen molar-refractivity contribution in [2.45, 2.75) is 6.54 Å². The van der Waals surface area contributed by atoms with Crippen molar-refractivity contribution in [1.82, 2.24) is 19.9 Å². The number of pyridine rings is 1. The van der Waals surface area contributed by atoms with Crippen LogP contribution in [0.15, 0.2) is 59.7 Å². The highest BCUT2D eigenvalue weighted by Crippen LogP contribution is 2.20. The van der Waals surface area contributed by atoms with Crippen LogP contribution in [0, 0.1) is 0 Å². The van der Waals surface area contributed by atoms with Gasteiger partial charge < -0.3 is 14.8 Å². The molecule has 3 aromatic rings. The summed E-state index contributed by atoms with van der Waals surface area (Å²) >= 11 is 3.37. The molecule has 2 aromatic heterocycles. The van der Waals surface area contributed by atoms with Crippen LogP contribution in [-0.4, -0.2) is 34.5 Å². The first-order valence-electron chi connectivity index (χ1n) is 7.73. The Labute approximate surface area is 154 Å². The first kappa shape index (κ1) is 17.2. The number of anilines is 1. The summed E-state index contributed by atoms with van der Waals surface area (Å²) < 4.78 is 2.70. The Morgan fingerprint density at radius 3 is 2.68 bits per heavy atom. The van der Waals surface area contributed by atoms with Crippen molar-refractivity contribution in [3.05, 3.63) is 70.8 Å². The van der Waals surface area contributed by atoms with Crippen molar-refractivity contribution >= 4 is 27.7 Å². The van der Waals surface area contributed by atoms with E-state index >= 15 is 0 Å². The van der Waals surface area contributed by atoms with E-state index in [1.165, 1.54) is 0 Å². The van der Waals surface area contributed by atoms with Crippen LogP contribution in [0.3, 0.4) is 0 Å². The number of hydrogen-bond donors (Lipinski definition) is 1. The van der Waals surface area contributed by atoms with Crippen LogP contribution in [0.5, 0.6) is 0 Å². The number of carbonyl (C=O) groups is 1. The van der Waals surface area contributed by atoms with E-state index in [0.717, 1.165) is 15.7 Å². The number of aromatic nitrogens is 3. The van der Waals surface area contributed by atoms with Crippen LogP contribution in [0.2, 0.25) is 0 Å². The number of imidazole rings is 1. The van der Waals surface area contributed by atoms with Crippen molar-refractivity contribution in [3.63, 3.8) is 0 Å². The maximum Gasteiger partial charge on any atom is 0.255 e. The van der Waals surface area contributed by atoms with Gasteiger partial charge in [-0.05, 0) is 39.7 Å². The summed E-state index contributed by atoms with van der Waals surface area (Å²) in [4.78, 5) is 22.7. The van der Waals surface area contributed by atoms with E-state index in [9.17, 15) is 4.79 Å². The molecule has 0 bridgehead atoms. The second kappa shape index (κ2) is 7.48. The third kappa shape index (κ3) is 4.06. The average molecular weight is 400 g/mol. The van der Waals surface area contributed by atoms with Gasteiger partial charge in [0.1, 0.15) is 5.82 Å². The molecular formula is C18H18BrN5O. The highest BCUT2D eigenvalue weighted by molar-refractivity contribution is 9.10. The lowest BCUT2D eigenvalue weighted by Gasteiger charge is -2.16. The van der Waals surface area contributed by atoms with Crippen molar-refractivity contribution in [1.29, 1.82) is 0 Å². The highest BCUT2D eigenvalue weighted by Gasteiger charge is 2.14. The molecule has 1 amide bonds. The highest BCUT2D eigenvalue weighted by atomic mass is 79.9. The van der Waals surface area contributed by atoms with Crippen LogP contribution in [0.25, 0.3) is 5.69 Å². The maximum atomic E-state index is 12.5. The summed E-state index contributed by atoms with van der Waals surface area (Å²) in [5.41, 5.74) is 2.58. The van der Waals surface area contributed by atoms with E-state index in [4.69, 9.17) is 0 Å². The third-order valence-corrected chi connectivity index (χ3v) is 4.13. The summed E-state index contributed by atoms with van der Waals surface area (Å²) in [6, 6.07) is 9.74. The Morgan fingerprint density at radius 2 is 2.04 bits per heavy atom. The zero-order valence-corrected chi connectivity index (χ0v) is 15.6. The van der Waals surface area contributed by atoms with Gasteiger partial charge in [-0.1, -0.05) is 12.1 Å². The molecule has 0 fully saturated rings. The molecule has 3 rings (SSSR count). The molecule has 0 atom stereocenters. The van der Waals surface area contributed by atoms with Gasteiger partial charge >= 0.3 is 0 Å².